The smallest absolute Gasteiger partial charge is 0.423 e. The minimum absolute atomic E-state index is 0.206. The van der Waals surface area contributed by atoms with Crippen LogP contribution in [0.15, 0.2) is 12.1 Å². The van der Waals surface area contributed by atoms with E-state index >= 15 is 0 Å². The Morgan fingerprint density at radius 2 is 1.73 bits per heavy atom. The predicted molar refractivity (Wildman–Crippen MR) is 57.3 cm³/mol. The van der Waals surface area contributed by atoms with Gasteiger partial charge in [0.25, 0.3) is 0 Å². The fourth-order valence-electron chi connectivity index (χ4n) is 1.18. The van der Waals surface area contributed by atoms with E-state index in [1.54, 1.807) is 22.6 Å². The first kappa shape index (κ1) is 12.4. The zero-order valence-electron chi connectivity index (χ0n) is 7.98. The summed E-state index contributed by atoms with van der Waals surface area (Å²) in [6.07, 6.45) is -4.49. The van der Waals surface area contributed by atoms with Gasteiger partial charge < -0.3 is 9.47 Å². The van der Waals surface area contributed by atoms with Gasteiger partial charge in [0, 0.05) is 0 Å². The van der Waals surface area contributed by atoms with Crippen molar-refractivity contribution in [2.24, 2.45) is 0 Å². The van der Waals surface area contributed by atoms with Gasteiger partial charge in [0.2, 0.25) is 0 Å². The lowest BCUT2D eigenvalue weighted by Crippen LogP contribution is -2.10. The molecule has 0 unspecified atom stereocenters. The van der Waals surface area contributed by atoms with E-state index in [0.717, 1.165) is 0 Å². The predicted octanol–water partition coefficient (Wildman–Crippen LogP) is 3.33. The molecule has 0 fully saturated rings. The van der Waals surface area contributed by atoms with E-state index in [1.165, 1.54) is 26.4 Å². The lowest BCUT2D eigenvalue weighted by Gasteiger charge is -2.16. The Kier molecular flexibility index (Phi) is 3.69. The van der Waals surface area contributed by atoms with Crippen molar-refractivity contribution < 1.29 is 22.6 Å². The molecule has 0 aliphatic rings. The molecule has 0 spiro atoms. The van der Waals surface area contributed by atoms with E-state index in [1.807, 2.05) is 0 Å². The number of ether oxygens (including phenoxy) is 2. The molecule has 1 rings (SSSR count). The summed E-state index contributed by atoms with van der Waals surface area (Å²) in [6.45, 7) is 0. The number of hydrogen-bond acceptors (Lipinski definition) is 2. The van der Waals surface area contributed by atoms with Crippen molar-refractivity contribution >= 4 is 22.6 Å². The van der Waals surface area contributed by atoms with E-state index in [2.05, 4.69) is 4.74 Å². The van der Waals surface area contributed by atoms with Crippen LogP contribution in [0.25, 0.3) is 0 Å². The van der Waals surface area contributed by atoms with Crippen LogP contribution in [0, 0.1) is 3.57 Å². The molecule has 6 heteroatoms. The highest BCUT2D eigenvalue weighted by atomic mass is 127. The van der Waals surface area contributed by atoms with E-state index in [9.17, 15) is 13.2 Å². The quantitative estimate of drug-likeness (QED) is 0.774. The second kappa shape index (κ2) is 4.46. The van der Waals surface area contributed by atoms with E-state index in [4.69, 9.17) is 4.74 Å². The first-order valence-corrected chi connectivity index (χ1v) is 4.97. The van der Waals surface area contributed by atoms with Gasteiger partial charge in [-0.2, -0.15) is 13.2 Å². The van der Waals surface area contributed by atoms with Gasteiger partial charge in [-0.3, -0.25) is 0 Å². The molecule has 0 radical (unpaired) electrons. The minimum Gasteiger partial charge on any atom is -0.496 e. The van der Waals surface area contributed by atoms with Gasteiger partial charge in [-0.15, -0.1) is 0 Å². The van der Waals surface area contributed by atoms with Gasteiger partial charge in [0.1, 0.15) is 17.1 Å². The van der Waals surface area contributed by atoms with Crippen molar-refractivity contribution in [2.45, 2.75) is 6.18 Å². The van der Waals surface area contributed by atoms with Crippen molar-refractivity contribution in [2.75, 3.05) is 14.2 Å². The van der Waals surface area contributed by atoms with Gasteiger partial charge in [0.15, 0.2) is 0 Å². The molecule has 2 nitrogen and oxygen atoms in total. The molecule has 0 aromatic heterocycles. The van der Waals surface area contributed by atoms with Crippen LogP contribution in [-0.2, 0) is 6.18 Å². The zero-order chi connectivity index (χ0) is 11.6. The third kappa shape index (κ3) is 2.47. The number of rotatable bonds is 2. The van der Waals surface area contributed by atoms with Crippen LogP contribution >= 0.6 is 22.6 Å². The van der Waals surface area contributed by atoms with E-state index < -0.39 is 11.7 Å². The van der Waals surface area contributed by atoms with Crippen LogP contribution in [0.5, 0.6) is 11.5 Å². The maximum absolute atomic E-state index is 12.7. The SMILES string of the molecule is COc1ccc(I)c(OC)c1C(F)(F)F. The Labute approximate surface area is 98.5 Å². The third-order valence-corrected chi connectivity index (χ3v) is 2.63. The highest BCUT2D eigenvalue weighted by Crippen LogP contribution is 2.44. The minimum atomic E-state index is -4.49. The average molecular weight is 332 g/mol. The molecule has 1 aromatic rings. The number of alkyl halides is 3. The van der Waals surface area contributed by atoms with Gasteiger partial charge in [0.05, 0.1) is 17.8 Å². The molecule has 15 heavy (non-hydrogen) atoms. The van der Waals surface area contributed by atoms with Gasteiger partial charge in [-0.1, -0.05) is 0 Å². The summed E-state index contributed by atoms with van der Waals surface area (Å²) in [4.78, 5) is 0. The van der Waals surface area contributed by atoms with Crippen molar-refractivity contribution in [3.63, 3.8) is 0 Å². The maximum atomic E-state index is 12.7. The van der Waals surface area contributed by atoms with Crippen molar-refractivity contribution in [1.29, 1.82) is 0 Å². The van der Waals surface area contributed by atoms with E-state index in [-0.39, 0.29) is 11.5 Å². The molecule has 0 N–H and O–H groups in total. The van der Waals surface area contributed by atoms with Gasteiger partial charge in [-0.05, 0) is 34.7 Å². The fraction of sp³-hybridized carbons (Fsp3) is 0.333. The molecule has 0 amide bonds. The molecule has 84 valence electrons. The molecule has 0 aliphatic heterocycles. The maximum Gasteiger partial charge on any atom is 0.423 e. The molecule has 0 aliphatic carbocycles. The zero-order valence-corrected chi connectivity index (χ0v) is 10.1. The van der Waals surface area contributed by atoms with E-state index in [0.29, 0.717) is 3.57 Å². The molecule has 0 saturated heterocycles. The highest BCUT2D eigenvalue weighted by Gasteiger charge is 2.39. The topological polar surface area (TPSA) is 18.5 Å². The second-order valence-corrected chi connectivity index (χ2v) is 3.82. The lowest BCUT2D eigenvalue weighted by atomic mass is 10.1. The summed E-state index contributed by atoms with van der Waals surface area (Å²) in [5.74, 6) is -0.442. The standard InChI is InChI=1S/C9H8F3IO2/c1-14-6-4-3-5(13)8(15-2)7(6)9(10,11)12/h3-4H,1-2H3. The summed E-state index contributed by atoms with van der Waals surface area (Å²) in [6, 6.07) is 2.78. The summed E-state index contributed by atoms with van der Waals surface area (Å²) < 4.78 is 47.9. The number of hydrogen-bond donors (Lipinski definition) is 0. The molecular weight excluding hydrogens is 324 g/mol. The number of halogens is 4. The molecular formula is C9H8F3IO2. The van der Waals surface area contributed by atoms with Crippen LogP contribution in [0.2, 0.25) is 0 Å². The monoisotopic (exact) mass is 332 g/mol. The Bertz CT molecular complexity index is 363. The Morgan fingerprint density at radius 3 is 2.13 bits per heavy atom. The first-order chi connectivity index (χ1) is 6.91. The molecule has 0 bridgehead atoms. The normalized spacial score (nSPS) is 11.3. The number of methoxy groups -OCH3 is 2. The van der Waals surface area contributed by atoms with Crippen LogP contribution in [0.4, 0.5) is 13.2 Å². The molecule has 0 atom stereocenters. The van der Waals surface area contributed by atoms with Crippen LogP contribution in [0.3, 0.4) is 0 Å². The lowest BCUT2D eigenvalue weighted by molar-refractivity contribution is -0.140. The molecule has 0 saturated carbocycles. The molecule has 1 aromatic carbocycles. The highest BCUT2D eigenvalue weighted by molar-refractivity contribution is 14.1. The average Bonchev–Trinajstić information content (AvgIpc) is 2.15. The molecule has 0 heterocycles. The second-order valence-electron chi connectivity index (χ2n) is 2.66. The summed E-state index contributed by atoms with van der Waals surface area (Å²) in [5, 5.41) is 0. The number of benzene rings is 1. The largest absolute Gasteiger partial charge is 0.496 e. The van der Waals surface area contributed by atoms with Gasteiger partial charge in [-0.25, -0.2) is 0 Å². The Morgan fingerprint density at radius 1 is 1.13 bits per heavy atom. The third-order valence-electron chi connectivity index (χ3n) is 1.78. The van der Waals surface area contributed by atoms with Crippen LogP contribution in [-0.4, -0.2) is 14.2 Å². The Balaban J connectivity index is 3.48. The summed E-state index contributed by atoms with van der Waals surface area (Å²) >= 11 is 1.78. The van der Waals surface area contributed by atoms with Gasteiger partial charge >= 0.3 is 6.18 Å². The van der Waals surface area contributed by atoms with Crippen LogP contribution in [0.1, 0.15) is 5.56 Å². The van der Waals surface area contributed by atoms with Crippen molar-refractivity contribution in [1.82, 2.24) is 0 Å². The Hall–Kier alpha value is -0.660. The van der Waals surface area contributed by atoms with Crippen molar-refractivity contribution in [3.05, 3.63) is 21.3 Å². The van der Waals surface area contributed by atoms with Crippen LogP contribution < -0.4 is 9.47 Å². The fourth-order valence-corrected chi connectivity index (χ4v) is 1.85. The van der Waals surface area contributed by atoms with Crippen molar-refractivity contribution in [3.8, 4) is 11.5 Å². The summed E-state index contributed by atoms with van der Waals surface area (Å²) in [5.41, 5.74) is -0.876. The first-order valence-electron chi connectivity index (χ1n) is 3.89. The summed E-state index contributed by atoms with van der Waals surface area (Å²) in [7, 11) is 2.39.